The van der Waals surface area contributed by atoms with E-state index in [1.54, 1.807) is 0 Å². The Hall–Kier alpha value is -1.68. The molecule has 0 radical (unpaired) electrons. The smallest absolute Gasteiger partial charge is 0.0537 e. The first-order chi connectivity index (χ1) is 9.33. The molecule has 0 unspecified atom stereocenters. The number of rotatable bonds is 4. The molecule has 1 aliphatic rings. The predicted molar refractivity (Wildman–Crippen MR) is 74.7 cm³/mol. The summed E-state index contributed by atoms with van der Waals surface area (Å²) < 4.78 is 1.89. The number of likely N-dealkylation sites (tertiary alicyclic amines) is 1. The van der Waals surface area contributed by atoms with Crippen molar-refractivity contribution in [3.05, 3.63) is 48.0 Å². The molecule has 0 saturated carbocycles. The van der Waals surface area contributed by atoms with Crippen molar-refractivity contribution in [3.63, 3.8) is 0 Å². The summed E-state index contributed by atoms with van der Waals surface area (Å²) in [6.45, 7) is 2.27. The van der Waals surface area contributed by atoms with Crippen molar-refractivity contribution in [1.29, 1.82) is 0 Å². The highest BCUT2D eigenvalue weighted by atomic mass is 15.3. The normalized spacial score (nSPS) is 19.9. The molecule has 0 bridgehead atoms. The fourth-order valence-corrected chi connectivity index (χ4v) is 2.89. The lowest BCUT2D eigenvalue weighted by Gasteiger charge is -2.23. The fraction of sp³-hybridized carbons (Fsp3) is 0.467. The quantitative estimate of drug-likeness (QED) is 0.841. The summed E-state index contributed by atoms with van der Waals surface area (Å²) in [4.78, 5) is 6.96. The molecule has 100 valence electrons. The number of pyridine rings is 1. The van der Waals surface area contributed by atoms with Crippen LogP contribution in [0.3, 0.4) is 0 Å². The van der Waals surface area contributed by atoms with E-state index < -0.39 is 0 Å². The zero-order chi connectivity index (χ0) is 13.1. The van der Waals surface area contributed by atoms with E-state index in [2.05, 4.69) is 33.3 Å². The van der Waals surface area contributed by atoms with Gasteiger partial charge in [-0.2, -0.15) is 5.10 Å². The van der Waals surface area contributed by atoms with Crippen molar-refractivity contribution >= 4 is 0 Å². The first-order valence-electron chi connectivity index (χ1n) is 6.95. The van der Waals surface area contributed by atoms with Gasteiger partial charge in [0.1, 0.15) is 0 Å². The third kappa shape index (κ3) is 2.84. The highest BCUT2D eigenvalue weighted by molar-refractivity contribution is 5.12. The lowest BCUT2D eigenvalue weighted by atomic mass is 10.1. The van der Waals surface area contributed by atoms with Crippen LogP contribution in [0, 0.1) is 0 Å². The number of nitrogens with zero attached hydrogens (tertiary/aromatic N) is 4. The molecule has 2 aromatic heterocycles. The average Bonchev–Trinajstić information content (AvgIpc) is 3.06. The summed E-state index contributed by atoms with van der Waals surface area (Å²) in [6, 6.07) is 6.68. The van der Waals surface area contributed by atoms with Gasteiger partial charge in [0, 0.05) is 49.7 Å². The van der Waals surface area contributed by atoms with Crippen LogP contribution < -0.4 is 0 Å². The SMILES string of the molecule is Cn1cc([C@@H]2CCCN2CCc2ccccn2)cn1. The van der Waals surface area contributed by atoms with E-state index in [0.29, 0.717) is 6.04 Å². The standard InChI is InChI=1S/C15H20N4/c1-18-12-13(11-17-18)15-6-4-9-19(15)10-7-14-5-2-3-8-16-14/h2-3,5,8,11-12,15H,4,6-7,9-10H2,1H3/t15-/m0/s1. The van der Waals surface area contributed by atoms with Crippen molar-refractivity contribution in [3.8, 4) is 0 Å². The minimum absolute atomic E-state index is 0.539. The summed E-state index contributed by atoms with van der Waals surface area (Å²) in [7, 11) is 1.98. The molecule has 0 amide bonds. The van der Waals surface area contributed by atoms with Gasteiger partial charge in [-0.1, -0.05) is 6.07 Å². The summed E-state index contributed by atoms with van der Waals surface area (Å²) in [5, 5.41) is 4.29. The van der Waals surface area contributed by atoms with Crippen LogP contribution in [-0.4, -0.2) is 32.8 Å². The first kappa shape index (κ1) is 12.4. The molecule has 1 atom stereocenters. The van der Waals surface area contributed by atoms with E-state index >= 15 is 0 Å². The van der Waals surface area contributed by atoms with Crippen LogP contribution in [0.4, 0.5) is 0 Å². The number of hydrogen-bond donors (Lipinski definition) is 0. The van der Waals surface area contributed by atoms with Crippen LogP contribution in [-0.2, 0) is 13.5 Å². The molecule has 1 fully saturated rings. The Balaban J connectivity index is 1.64. The van der Waals surface area contributed by atoms with Gasteiger partial charge in [0.2, 0.25) is 0 Å². The van der Waals surface area contributed by atoms with Crippen LogP contribution in [0.2, 0.25) is 0 Å². The zero-order valence-electron chi connectivity index (χ0n) is 11.4. The Bertz CT molecular complexity index is 520. The number of aromatic nitrogens is 3. The van der Waals surface area contributed by atoms with Crippen LogP contribution in [0.1, 0.15) is 30.1 Å². The summed E-state index contributed by atoms with van der Waals surface area (Å²) in [5.74, 6) is 0. The monoisotopic (exact) mass is 256 g/mol. The second-order valence-corrected chi connectivity index (χ2v) is 5.21. The topological polar surface area (TPSA) is 34.0 Å². The molecule has 1 aliphatic heterocycles. The Morgan fingerprint density at radius 2 is 2.32 bits per heavy atom. The number of hydrogen-bond acceptors (Lipinski definition) is 3. The van der Waals surface area contributed by atoms with Gasteiger partial charge in [-0.25, -0.2) is 0 Å². The zero-order valence-corrected chi connectivity index (χ0v) is 11.4. The molecule has 0 spiro atoms. The van der Waals surface area contributed by atoms with Gasteiger partial charge < -0.3 is 0 Å². The molecule has 0 aromatic carbocycles. The molecular weight excluding hydrogens is 236 g/mol. The van der Waals surface area contributed by atoms with Gasteiger partial charge in [0.25, 0.3) is 0 Å². The van der Waals surface area contributed by atoms with Gasteiger partial charge in [0.15, 0.2) is 0 Å². The largest absolute Gasteiger partial charge is 0.296 e. The van der Waals surface area contributed by atoms with E-state index in [0.717, 1.165) is 13.0 Å². The molecule has 0 N–H and O–H groups in total. The second-order valence-electron chi connectivity index (χ2n) is 5.21. The summed E-state index contributed by atoms with van der Waals surface area (Å²) in [6.07, 6.45) is 9.57. The third-order valence-electron chi connectivity index (χ3n) is 3.85. The lowest BCUT2D eigenvalue weighted by molar-refractivity contribution is 0.259. The molecular formula is C15H20N4. The van der Waals surface area contributed by atoms with Gasteiger partial charge >= 0.3 is 0 Å². The van der Waals surface area contributed by atoms with E-state index in [1.807, 2.05) is 30.2 Å². The highest BCUT2D eigenvalue weighted by Gasteiger charge is 2.26. The van der Waals surface area contributed by atoms with Crippen LogP contribution in [0.5, 0.6) is 0 Å². The Labute approximate surface area is 114 Å². The van der Waals surface area contributed by atoms with Gasteiger partial charge in [0.05, 0.1) is 6.20 Å². The van der Waals surface area contributed by atoms with E-state index in [-0.39, 0.29) is 0 Å². The maximum absolute atomic E-state index is 4.40. The van der Waals surface area contributed by atoms with Crippen molar-refractivity contribution in [2.24, 2.45) is 7.05 Å². The third-order valence-corrected chi connectivity index (χ3v) is 3.85. The van der Waals surface area contributed by atoms with Gasteiger partial charge in [-0.3, -0.25) is 14.6 Å². The van der Waals surface area contributed by atoms with E-state index in [1.165, 1.54) is 30.6 Å². The van der Waals surface area contributed by atoms with E-state index in [4.69, 9.17) is 0 Å². The van der Waals surface area contributed by atoms with E-state index in [9.17, 15) is 0 Å². The molecule has 0 aliphatic carbocycles. The first-order valence-corrected chi connectivity index (χ1v) is 6.95. The van der Waals surface area contributed by atoms with Crippen molar-refractivity contribution in [2.75, 3.05) is 13.1 Å². The Morgan fingerprint density at radius 3 is 3.05 bits per heavy atom. The molecule has 2 aromatic rings. The lowest BCUT2D eigenvalue weighted by Crippen LogP contribution is -2.25. The minimum Gasteiger partial charge on any atom is -0.296 e. The Kier molecular flexibility index (Phi) is 3.60. The molecule has 4 nitrogen and oxygen atoms in total. The Morgan fingerprint density at radius 1 is 1.37 bits per heavy atom. The maximum atomic E-state index is 4.40. The van der Waals surface area contributed by atoms with Gasteiger partial charge in [-0.05, 0) is 31.5 Å². The maximum Gasteiger partial charge on any atom is 0.0537 e. The molecule has 1 saturated heterocycles. The number of aryl methyl sites for hydroxylation is 1. The minimum atomic E-state index is 0.539. The summed E-state index contributed by atoms with van der Waals surface area (Å²) >= 11 is 0. The van der Waals surface area contributed by atoms with Crippen molar-refractivity contribution in [2.45, 2.75) is 25.3 Å². The van der Waals surface area contributed by atoms with Crippen LogP contribution in [0.25, 0.3) is 0 Å². The molecule has 19 heavy (non-hydrogen) atoms. The molecule has 3 rings (SSSR count). The van der Waals surface area contributed by atoms with Crippen LogP contribution in [0.15, 0.2) is 36.8 Å². The van der Waals surface area contributed by atoms with Crippen molar-refractivity contribution < 1.29 is 0 Å². The fourth-order valence-electron chi connectivity index (χ4n) is 2.89. The van der Waals surface area contributed by atoms with Crippen LogP contribution >= 0.6 is 0 Å². The van der Waals surface area contributed by atoms with Crippen molar-refractivity contribution in [1.82, 2.24) is 19.7 Å². The van der Waals surface area contributed by atoms with Gasteiger partial charge in [-0.15, -0.1) is 0 Å². The predicted octanol–water partition coefficient (Wildman–Crippen LogP) is 2.19. The molecule has 3 heterocycles. The second kappa shape index (κ2) is 5.53. The summed E-state index contributed by atoms with van der Waals surface area (Å²) in [5.41, 5.74) is 2.53. The molecule has 4 heteroatoms. The average molecular weight is 256 g/mol. The highest BCUT2D eigenvalue weighted by Crippen LogP contribution is 2.31.